The summed E-state index contributed by atoms with van der Waals surface area (Å²) in [6, 6.07) is 9.69. The molecule has 0 spiro atoms. The second-order valence-corrected chi connectivity index (χ2v) is 6.04. The largest absolute Gasteiger partial charge is 0.373 e. The van der Waals surface area contributed by atoms with Gasteiger partial charge >= 0.3 is 0 Å². The predicted molar refractivity (Wildman–Crippen MR) is 106 cm³/mol. The summed E-state index contributed by atoms with van der Waals surface area (Å²) in [5.74, 6) is 1.55. The van der Waals surface area contributed by atoms with E-state index in [1.54, 1.807) is 0 Å². The molecular weight excluding hydrogens is 348 g/mol. The van der Waals surface area contributed by atoms with Gasteiger partial charge in [0.25, 0.3) is 0 Å². The highest BCUT2D eigenvalue weighted by Crippen LogP contribution is 2.35. The van der Waals surface area contributed by atoms with Crippen LogP contribution in [0.1, 0.15) is 36.4 Å². The summed E-state index contributed by atoms with van der Waals surface area (Å²) in [6.07, 6.45) is 1.85. The Morgan fingerprint density at radius 1 is 1.12 bits per heavy atom. The second-order valence-electron chi connectivity index (χ2n) is 5.60. The van der Waals surface area contributed by atoms with E-state index in [1.165, 1.54) is 0 Å². The van der Waals surface area contributed by atoms with E-state index in [4.69, 9.17) is 21.1 Å². The molecular formula is C20H21ClN4O. The summed E-state index contributed by atoms with van der Waals surface area (Å²) in [6.45, 7) is 6.38. The molecule has 0 amide bonds. The van der Waals surface area contributed by atoms with Crippen LogP contribution in [0.4, 0.5) is 5.82 Å². The Morgan fingerprint density at radius 3 is 2.54 bits per heavy atom. The van der Waals surface area contributed by atoms with Crippen molar-refractivity contribution in [2.75, 3.05) is 12.4 Å². The van der Waals surface area contributed by atoms with Gasteiger partial charge in [0.2, 0.25) is 0 Å². The highest BCUT2D eigenvalue weighted by atomic mass is 35.5. The fraction of sp³-hybridized carbons (Fsp3) is 0.250. The third kappa shape index (κ3) is 3.22. The van der Waals surface area contributed by atoms with Gasteiger partial charge in [-0.1, -0.05) is 42.7 Å². The van der Waals surface area contributed by atoms with Crippen LogP contribution in [-0.4, -0.2) is 22.9 Å². The number of hydrogen-bond acceptors (Lipinski definition) is 5. The third-order valence-corrected chi connectivity index (χ3v) is 4.37. The van der Waals surface area contributed by atoms with Gasteiger partial charge in [-0.2, -0.15) is 0 Å². The Morgan fingerprint density at radius 2 is 1.85 bits per heavy atom. The number of halogens is 1. The van der Waals surface area contributed by atoms with Crippen molar-refractivity contribution in [3.63, 3.8) is 0 Å². The molecule has 6 heteroatoms. The van der Waals surface area contributed by atoms with E-state index in [9.17, 15) is 0 Å². The molecule has 134 valence electrons. The number of pyridine rings is 1. The number of anilines is 1. The molecule has 26 heavy (non-hydrogen) atoms. The lowest BCUT2D eigenvalue weighted by molar-refractivity contribution is 0.382. The van der Waals surface area contributed by atoms with Crippen molar-refractivity contribution in [1.29, 1.82) is 0 Å². The molecule has 4 rings (SSSR count). The number of hydrogen-bond donors (Lipinski definition) is 1. The topological polar surface area (TPSA) is 63.3 Å². The summed E-state index contributed by atoms with van der Waals surface area (Å²) in [4.78, 5) is 9.24. The molecule has 5 nitrogen and oxygen atoms in total. The van der Waals surface area contributed by atoms with Gasteiger partial charge in [0, 0.05) is 35.0 Å². The van der Waals surface area contributed by atoms with Crippen LogP contribution in [0, 0.1) is 6.92 Å². The summed E-state index contributed by atoms with van der Waals surface area (Å²) in [5.41, 5.74) is 5.71. The molecule has 2 aromatic heterocycles. The number of nitrogens with zero attached hydrogens (tertiary/aromatic N) is 3. The van der Waals surface area contributed by atoms with E-state index in [1.807, 2.05) is 64.3 Å². The first-order chi connectivity index (χ1) is 12.7. The maximum atomic E-state index is 6.02. The second kappa shape index (κ2) is 7.70. The fourth-order valence-electron chi connectivity index (χ4n) is 2.95. The van der Waals surface area contributed by atoms with E-state index in [-0.39, 0.29) is 0 Å². The summed E-state index contributed by atoms with van der Waals surface area (Å²) in [7, 11) is 1.85. The van der Waals surface area contributed by atoms with Gasteiger partial charge < -0.3 is 9.84 Å². The molecule has 1 aliphatic rings. The molecule has 0 saturated heterocycles. The van der Waals surface area contributed by atoms with Gasteiger partial charge in [-0.15, -0.1) is 0 Å². The van der Waals surface area contributed by atoms with Crippen molar-refractivity contribution < 1.29 is 4.52 Å². The van der Waals surface area contributed by atoms with Gasteiger partial charge in [0.1, 0.15) is 12.4 Å². The number of benzene rings is 1. The molecule has 1 aliphatic heterocycles. The van der Waals surface area contributed by atoms with Crippen molar-refractivity contribution in [2.24, 2.45) is 4.99 Å². The zero-order valence-electron chi connectivity index (χ0n) is 15.3. The molecule has 0 aliphatic carbocycles. The normalized spacial score (nSPS) is 12.1. The van der Waals surface area contributed by atoms with Gasteiger partial charge in [-0.3, -0.25) is 4.99 Å². The Bertz CT molecular complexity index is 945. The monoisotopic (exact) mass is 368 g/mol. The van der Waals surface area contributed by atoms with E-state index in [0.717, 1.165) is 45.2 Å². The highest BCUT2D eigenvalue weighted by Gasteiger charge is 2.24. The quantitative estimate of drug-likeness (QED) is 0.682. The van der Waals surface area contributed by atoms with E-state index >= 15 is 0 Å². The minimum absolute atomic E-state index is 0.442. The van der Waals surface area contributed by atoms with Crippen LogP contribution in [0.15, 0.2) is 46.0 Å². The van der Waals surface area contributed by atoms with Crippen molar-refractivity contribution in [3.05, 3.63) is 64.1 Å². The lowest BCUT2D eigenvalue weighted by Crippen LogP contribution is -2.06. The van der Waals surface area contributed by atoms with Crippen LogP contribution in [0.3, 0.4) is 0 Å². The van der Waals surface area contributed by atoms with Crippen LogP contribution in [-0.2, 0) is 6.54 Å². The molecule has 0 atom stereocenters. The van der Waals surface area contributed by atoms with Gasteiger partial charge in [-0.25, -0.2) is 4.98 Å². The van der Waals surface area contributed by atoms with Crippen LogP contribution in [0.5, 0.6) is 0 Å². The Labute approximate surface area is 158 Å². The molecule has 1 aromatic carbocycles. The lowest BCUT2D eigenvalue weighted by Gasteiger charge is -2.12. The molecule has 0 unspecified atom stereocenters. The van der Waals surface area contributed by atoms with Crippen molar-refractivity contribution >= 4 is 23.1 Å². The average Bonchev–Trinajstić information content (AvgIpc) is 2.96. The Kier molecular flexibility index (Phi) is 5.38. The minimum Gasteiger partial charge on any atom is -0.373 e. The molecule has 0 bridgehead atoms. The number of aromatic nitrogens is 2. The molecule has 0 saturated carbocycles. The zero-order chi connectivity index (χ0) is 18.7. The molecule has 0 radical (unpaired) electrons. The van der Waals surface area contributed by atoms with Crippen LogP contribution < -0.4 is 5.32 Å². The number of aryl methyl sites for hydroxylation is 1. The van der Waals surface area contributed by atoms with Gasteiger partial charge in [0.05, 0.1) is 17.0 Å². The van der Waals surface area contributed by atoms with Crippen molar-refractivity contribution in [2.45, 2.75) is 27.3 Å². The third-order valence-electron chi connectivity index (χ3n) is 4.12. The Balaban J connectivity index is 0.000000948. The minimum atomic E-state index is 0.442. The SMILES string of the molecule is CC.CNc1cc2c(cn1)-c1c(C)noc1CN=C2c1ccc(Cl)cc1. The Hall–Kier alpha value is -2.66. The van der Waals surface area contributed by atoms with Crippen molar-refractivity contribution in [3.8, 4) is 11.1 Å². The van der Waals surface area contributed by atoms with E-state index in [0.29, 0.717) is 11.6 Å². The number of fused-ring (bicyclic) bond motifs is 3. The summed E-state index contributed by atoms with van der Waals surface area (Å²) >= 11 is 6.02. The fourth-order valence-corrected chi connectivity index (χ4v) is 3.07. The smallest absolute Gasteiger partial charge is 0.166 e. The zero-order valence-corrected chi connectivity index (χ0v) is 16.1. The van der Waals surface area contributed by atoms with E-state index < -0.39 is 0 Å². The van der Waals surface area contributed by atoms with Crippen LogP contribution in [0.25, 0.3) is 11.1 Å². The van der Waals surface area contributed by atoms with E-state index in [2.05, 4.69) is 15.5 Å². The van der Waals surface area contributed by atoms with Crippen LogP contribution in [0.2, 0.25) is 5.02 Å². The van der Waals surface area contributed by atoms with Crippen molar-refractivity contribution in [1.82, 2.24) is 10.1 Å². The maximum absolute atomic E-state index is 6.02. The maximum Gasteiger partial charge on any atom is 0.166 e. The summed E-state index contributed by atoms with van der Waals surface area (Å²) in [5, 5.41) is 7.87. The lowest BCUT2D eigenvalue weighted by atomic mass is 9.95. The predicted octanol–water partition coefficient (Wildman–Crippen LogP) is 5.12. The number of aliphatic imine (C=N–C) groups is 1. The first-order valence-corrected chi connectivity index (χ1v) is 8.99. The molecule has 3 aromatic rings. The molecule has 0 fully saturated rings. The first kappa shape index (κ1) is 18.1. The number of rotatable bonds is 2. The van der Waals surface area contributed by atoms with Gasteiger partial charge in [-0.05, 0) is 25.1 Å². The first-order valence-electron chi connectivity index (χ1n) is 8.61. The standard InChI is InChI=1S/C18H15ClN4O.C2H6/c1-10-17-14-8-21-16(20-2)7-13(14)18(22-9-15(17)24-23-10)11-3-5-12(19)6-4-11;1-2/h3-8H,9H2,1-2H3,(H,20,21);1-2H3. The van der Waals surface area contributed by atoms with Crippen LogP contribution >= 0.6 is 11.6 Å². The summed E-state index contributed by atoms with van der Waals surface area (Å²) < 4.78 is 5.46. The molecule has 3 heterocycles. The number of nitrogens with one attached hydrogen (secondary N) is 1. The van der Waals surface area contributed by atoms with Gasteiger partial charge in [0.15, 0.2) is 5.76 Å². The average molecular weight is 369 g/mol. The molecule has 1 N–H and O–H groups in total. The highest BCUT2D eigenvalue weighted by molar-refractivity contribution is 6.30.